The van der Waals surface area contributed by atoms with Crippen LogP contribution in [0.15, 0.2) is 24.3 Å². The first-order valence-corrected chi connectivity index (χ1v) is 9.46. The molecule has 1 aromatic carbocycles. The predicted octanol–water partition coefficient (Wildman–Crippen LogP) is 2.30. The molecule has 2 fully saturated rings. The second-order valence-electron chi connectivity index (χ2n) is 7.35. The predicted molar refractivity (Wildman–Crippen MR) is 99.2 cm³/mol. The molecular formula is C20H27N3O3. The SMILES string of the molecule is CC(CC(=O)Nc1ccccc1CN1C(=O)CCC1=O)C1CCNCC1. The number of hydrogen-bond acceptors (Lipinski definition) is 4. The Bertz CT molecular complexity index is 667. The number of imide groups is 1. The lowest BCUT2D eigenvalue weighted by molar-refractivity contribution is -0.139. The van der Waals surface area contributed by atoms with Crippen molar-refractivity contribution in [3.8, 4) is 0 Å². The number of nitrogens with zero attached hydrogens (tertiary/aromatic N) is 1. The molecule has 0 spiro atoms. The van der Waals surface area contributed by atoms with Gasteiger partial charge in [0.2, 0.25) is 17.7 Å². The van der Waals surface area contributed by atoms with Gasteiger partial charge in [-0.3, -0.25) is 19.3 Å². The highest BCUT2D eigenvalue weighted by Gasteiger charge is 2.29. The minimum atomic E-state index is -0.143. The van der Waals surface area contributed by atoms with Crippen LogP contribution in [-0.4, -0.2) is 35.7 Å². The van der Waals surface area contributed by atoms with Crippen LogP contribution in [-0.2, 0) is 20.9 Å². The van der Waals surface area contributed by atoms with E-state index in [4.69, 9.17) is 0 Å². The first-order valence-electron chi connectivity index (χ1n) is 9.46. The normalized spacial score (nSPS) is 19.7. The minimum Gasteiger partial charge on any atom is -0.326 e. The van der Waals surface area contributed by atoms with E-state index in [9.17, 15) is 14.4 Å². The molecule has 0 radical (unpaired) electrons. The van der Waals surface area contributed by atoms with E-state index >= 15 is 0 Å². The molecule has 0 bridgehead atoms. The summed E-state index contributed by atoms with van der Waals surface area (Å²) < 4.78 is 0. The number of anilines is 1. The lowest BCUT2D eigenvalue weighted by Crippen LogP contribution is -2.32. The van der Waals surface area contributed by atoms with Gasteiger partial charge in [-0.2, -0.15) is 0 Å². The Morgan fingerprint density at radius 2 is 1.85 bits per heavy atom. The molecule has 6 heteroatoms. The van der Waals surface area contributed by atoms with Gasteiger partial charge >= 0.3 is 0 Å². The lowest BCUT2D eigenvalue weighted by atomic mass is 9.84. The van der Waals surface area contributed by atoms with Crippen molar-refractivity contribution in [2.75, 3.05) is 18.4 Å². The summed E-state index contributed by atoms with van der Waals surface area (Å²) in [5.74, 6) is 0.622. The van der Waals surface area contributed by atoms with Crippen molar-refractivity contribution in [3.05, 3.63) is 29.8 Å². The van der Waals surface area contributed by atoms with E-state index in [2.05, 4.69) is 17.6 Å². The van der Waals surface area contributed by atoms with E-state index in [-0.39, 0.29) is 37.1 Å². The average Bonchev–Trinajstić information content (AvgIpc) is 2.96. The molecule has 1 aromatic rings. The first kappa shape index (κ1) is 18.6. The molecule has 3 rings (SSSR count). The number of amides is 3. The number of carbonyl (C=O) groups is 3. The highest BCUT2D eigenvalue weighted by atomic mass is 16.2. The highest BCUT2D eigenvalue weighted by Crippen LogP contribution is 2.26. The van der Waals surface area contributed by atoms with Gasteiger partial charge in [0.25, 0.3) is 0 Å². The average molecular weight is 357 g/mol. The van der Waals surface area contributed by atoms with Gasteiger partial charge in [0.15, 0.2) is 0 Å². The highest BCUT2D eigenvalue weighted by molar-refractivity contribution is 6.02. The molecule has 26 heavy (non-hydrogen) atoms. The maximum atomic E-state index is 12.5. The standard InChI is InChI=1S/C20H27N3O3/c1-14(15-8-10-21-11-9-15)12-18(24)22-17-5-3-2-4-16(17)13-23-19(25)6-7-20(23)26/h2-5,14-15,21H,6-13H2,1H3,(H,22,24). The summed E-state index contributed by atoms with van der Waals surface area (Å²) in [5, 5.41) is 6.33. The van der Waals surface area contributed by atoms with Gasteiger partial charge in [-0.1, -0.05) is 25.1 Å². The van der Waals surface area contributed by atoms with Gasteiger partial charge in [0, 0.05) is 24.9 Å². The quantitative estimate of drug-likeness (QED) is 0.766. The Hall–Kier alpha value is -2.21. The van der Waals surface area contributed by atoms with Crippen LogP contribution in [0.5, 0.6) is 0 Å². The maximum absolute atomic E-state index is 12.5. The summed E-state index contributed by atoms with van der Waals surface area (Å²) in [6.45, 7) is 4.41. The Balaban J connectivity index is 1.61. The minimum absolute atomic E-state index is 0.0115. The van der Waals surface area contributed by atoms with Crippen LogP contribution >= 0.6 is 0 Å². The van der Waals surface area contributed by atoms with E-state index in [0.29, 0.717) is 23.9 Å². The maximum Gasteiger partial charge on any atom is 0.229 e. The van der Waals surface area contributed by atoms with Crippen molar-refractivity contribution >= 4 is 23.4 Å². The molecule has 2 aliphatic rings. The Kier molecular flexibility index (Phi) is 6.04. The summed E-state index contributed by atoms with van der Waals surface area (Å²) in [5.41, 5.74) is 1.47. The molecule has 140 valence electrons. The van der Waals surface area contributed by atoms with Crippen LogP contribution in [0.1, 0.15) is 44.6 Å². The third-order valence-corrected chi connectivity index (χ3v) is 5.47. The summed E-state index contributed by atoms with van der Waals surface area (Å²) in [7, 11) is 0. The van der Waals surface area contributed by atoms with E-state index in [0.717, 1.165) is 31.5 Å². The number of likely N-dealkylation sites (tertiary alicyclic amines) is 1. The second kappa shape index (κ2) is 8.45. The molecule has 0 aromatic heterocycles. The smallest absolute Gasteiger partial charge is 0.229 e. The number of rotatable bonds is 6. The number of para-hydroxylation sites is 1. The van der Waals surface area contributed by atoms with Crippen LogP contribution in [0, 0.1) is 11.8 Å². The number of piperidine rings is 1. The van der Waals surface area contributed by atoms with Gasteiger partial charge < -0.3 is 10.6 Å². The van der Waals surface area contributed by atoms with Gasteiger partial charge in [-0.15, -0.1) is 0 Å². The molecule has 3 amide bonds. The van der Waals surface area contributed by atoms with Crippen molar-refractivity contribution in [2.24, 2.45) is 11.8 Å². The fourth-order valence-corrected chi connectivity index (χ4v) is 3.82. The third kappa shape index (κ3) is 4.49. The van der Waals surface area contributed by atoms with Crippen LogP contribution in [0.3, 0.4) is 0 Å². The van der Waals surface area contributed by atoms with Gasteiger partial charge in [0.05, 0.1) is 6.54 Å². The van der Waals surface area contributed by atoms with Crippen LogP contribution in [0.25, 0.3) is 0 Å². The molecule has 1 atom stereocenters. The summed E-state index contributed by atoms with van der Waals surface area (Å²) in [6, 6.07) is 7.38. The Morgan fingerprint density at radius 1 is 1.19 bits per heavy atom. The van der Waals surface area contributed by atoms with Gasteiger partial charge in [-0.05, 0) is 49.4 Å². The van der Waals surface area contributed by atoms with Crippen LogP contribution in [0.2, 0.25) is 0 Å². The van der Waals surface area contributed by atoms with Crippen LogP contribution in [0.4, 0.5) is 5.69 Å². The summed E-state index contributed by atoms with van der Waals surface area (Å²) in [6.07, 6.45) is 3.28. The first-order chi connectivity index (χ1) is 12.5. The van der Waals surface area contributed by atoms with Crippen LogP contribution < -0.4 is 10.6 Å². The fourth-order valence-electron chi connectivity index (χ4n) is 3.82. The largest absolute Gasteiger partial charge is 0.326 e. The molecule has 1 unspecified atom stereocenters. The van der Waals surface area contributed by atoms with Crippen molar-refractivity contribution in [1.82, 2.24) is 10.2 Å². The number of carbonyl (C=O) groups excluding carboxylic acids is 3. The third-order valence-electron chi connectivity index (χ3n) is 5.47. The van der Waals surface area contributed by atoms with Crippen molar-refractivity contribution in [3.63, 3.8) is 0 Å². The second-order valence-corrected chi connectivity index (χ2v) is 7.35. The monoisotopic (exact) mass is 357 g/mol. The summed E-state index contributed by atoms with van der Waals surface area (Å²) >= 11 is 0. The van der Waals surface area contributed by atoms with Crippen molar-refractivity contribution in [1.29, 1.82) is 0 Å². The molecule has 2 N–H and O–H groups in total. The number of nitrogens with one attached hydrogen (secondary N) is 2. The molecule has 2 saturated heterocycles. The zero-order valence-corrected chi connectivity index (χ0v) is 15.3. The molecule has 0 aliphatic carbocycles. The van der Waals surface area contributed by atoms with Crippen molar-refractivity contribution in [2.45, 2.75) is 45.6 Å². The Labute approximate surface area is 154 Å². The van der Waals surface area contributed by atoms with Crippen molar-refractivity contribution < 1.29 is 14.4 Å². The molecule has 2 heterocycles. The fraction of sp³-hybridized carbons (Fsp3) is 0.550. The summed E-state index contributed by atoms with van der Waals surface area (Å²) in [4.78, 5) is 37.5. The van der Waals surface area contributed by atoms with E-state index < -0.39 is 0 Å². The van der Waals surface area contributed by atoms with E-state index in [1.807, 2.05) is 24.3 Å². The van der Waals surface area contributed by atoms with Gasteiger partial charge in [0.1, 0.15) is 0 Å². The van der Waals surface area contributed by atoms with E-state index in [1.165, 1.54) is 4.90 Å². The zero-order chi connectivity index (χ0) is 18.5. The molecule has 2 aliphatic heterocycles. The molecule has 6 nitrogen and oxygen atoms in total. The van der Waals surface area contributed by atoms with E-state index in [1.54, 1.807) is 0 Å². The molecule has 0 saturated carbocycles. The lowest BCUT2D eigenvalue weighted by Gasteiger charge is -2.28. The van der Waals surface area contributed by atoms with Gasteiger partial charge in [-0.25, -0.2) is 0 Å². The molecular weight excluding hydrogens is 330 g/mol. The zero-order valence-electron chi connectivity index (χ0n) is 15.3. The Morgan fingerprint density at radius 3 is 2.54 bits per heavy atom. The number of benzene rings is 1. The number of hydrogen-bond donors (Lipinski definition) is 2. The topological polar surface area (TPSA) is 78.5 Å².